The average molecular weight is 645 g/mol. The molecule has 3 amide bonds. The minimum absolute atomic E-state index is 0.0532. The number of rotatable bonds is 11. The lowest BCUT2D eigenvalue weighted by Gasteiger charge is -2.36. The van der Waals surface area contributed by atoms with Gasteiger partial charge in [-0.25, -0.2) is 14.8 Å². The zero-order valence-corrected chi connectivity index (χ0v) is 27.9. The quantitative estimate of drug-likeness (QED) is 0.134. The maximum absolute atomic E-state index is 13.1. The van der Waals surface area contributed by atoms with Crippen LogP contribution in [0.2, 0.25) is 0 Å². The van der Waals surface area contributed by atoms with Crippen molar-refractivity contribution < 1.29 is 14.3 Å². The monoisotopic (exact) mass is 644 g/mol. The number of carbonyl (C=O) groups is 2. The van der Waals surface area contributed by atoms with Gasteiger partial charge in [-0.15, -0.1) is 0 Å². The molecule has 0 bridgehead atoms. The van der Waals surface area contributed by atoms with Gasteiger partial charge in [-0.05, 0) is 111 Å². The van der Waals surface area contributed by atoms with E-state index in [9.17, 15) is 9.59 Å². The van der Waals surface area contributed by atoms with Gasteiger partial charge < -0.3 is 25.3 Å². The second-order valence-electron chi connectivity index (χ2n) is 12.4. The summed E-state index contributed by atoms with van der Waals surface area (Å²) in [4.78, 5) is 25.0. The molecule has 248 valence electrons. The Hall–Kier alpha value is -5.12. The minimum atomic E-state index is -0.252. The van der Waals surface area contributed by atoms with Crippen LogP contribution < -0.4 is 20.7 Å². The minimum Gasteiger partial charge on any atom is -0.457 e. The first-order valence-electron chi connectivity index (χ1n) is 16.8. The number of carbonyl (C=O) groups excluding carboxylic acids is 2. The van der Waals surface area contributed by atoms with Gasteiger partial charge in [0.2, 0.25) is 0 Å². The van der Waals surface area contributed by atoms with Gasteiger partial charge in [-0.2, -0.15) is 0 Å². The summed E-state index contributed by atoms with van der Waals surface area (Å²) in [5.74, 6) is 1.08. The number of benzene rings is 4. The van der Waals surface area contributed by atoms with E-state index in [1.165, 1.54) is 30.2 Å². The fraction of sp³-hybridized carbons (Fsp3) is 0.282. The van der Waals surface area contributed by atoms with E-state index in [2.05, 4.69) is 67.9 Å². The number of hydrazine groups is 1. The third-order valence-electron chi connectivity index (χ3n) is 8.53. The third-order valence-corrected chi connectivity index (χ3v) is 8.53. The predicted molar refractivity (Wildman–Crippen MR) is 193 cm³/mol. The number of aromatic nitrogens is 1. The summed E-state index contributed by atoms with van der Waals surface area (Å²) in [7, 11) is 0. The fourth-order valence-electron chi connectivity index (χ4n) is 6.11. The number of piperidine rings is 1. The summed E-state index contributed by atoms with van der Waals surface area (Å²) in [6.07, 6.45) is 6.08. The highest BCUT2D eigenvalue weighted by molar-refractivity contribution is 6.04. The van der Waals surface area contributed by atoms with Crippen LogP contribution in [0.5, 0.6) is 11.5 Å². The van der Waals surface area contributed by atoms with Crippen molar-refractivity contribution >= 4 is 34.2 Å². The Morgan fingerprint density at radius 2 is 1.42 bits per heavy atom. The van der Waals surface area contributed by atoms with Crippen LogP contribution in [0.25, 0.3) is 16.6 Å². The lowest BCUT2D eigenvalue weighted by Crippen LogP contribution is -2.44. The molecule has 9 heteroatoms. The second-order valence-corrected chi connectivity index (χ2v) is 12.4. The van der Waals surface area contributed by atoms with Crippen LogP contribution in [0.3, 0.4) is 0 Å². The molecule has 1 aliphatic heterocycles. The molecule has 2 heterocycles. The van der Waals surface area contributed by atoms with Gasteiger partial charge in [0, 0.05) is 66.4 Å². The van der Waals surface area contributed by atoms with E-state index in [-0.39, 0.29) is 18.0 Å². The van der Waals surface area contributed by atoms with E-state index < -0.39 is 0 Å². The highest BCUT2D eigenvalue weighted by atomic mass is 16.5. The Morgan fingerprint density at radius 3 is 2.04 bits per heavy atom. The molecule has 6 rings (SSSR count). The van der Waals surface area contributed by atoms with Gasteiger partial charge in [0.1, 0.15) is 11.5 Å². The van der Waals surface area contributed by atoms with Crippen molar-refractivity contribution in [3.8, 4) is 17.2 Å². The zero-order valence-electron chi connectivity index (χ0n) is 27.9. The molecule has 0 unspecified atom stereocenters. The number of nitrogens with one attached hydrogen (secondary N) is 3. The molecule has 0 radical (unpaired) electrons. The molecule has 0 atom stereocenters. The van der Waals surface area contributed by atoms with E-state index >= 15 is 0 Å². The first-order chi connectivity index (χ1) is 23.4. The van der Waals surface area contributed by atoms with E-state index in [1.54, 1.807) is 36.4 Å². The topological polar surface area (TPSA) is 90.9 Å². The van der Waals surface area contributed by atoms with Crippen LogP contribution in [0, 0.1) is 0 Å². The number of nitrogens with zero attached hydrogens (tertiary/aromatic N) is 3. The number of ether oxygens (including phenoxy) is 1. The molecule has 5 aromatic rings. The zero-order chi connectivity index (χ0) is 33.5. The Bertz CT molecular complexity index is 1830. The fourth-order valence-corrected chi connectivity index (χ4v) is 6.11. The predicted octanol–water partition coefficient (Wildman–Crippen LogP) is 8.43. The van der Waals surface area contributed by atoms with Crippen molar-refractivity contribution in [2.24, 2.45) is 0 Å². The number of hydrogen-bond donors (Lipinski definition) is 3. The van der Waals surface area contributed by atoms with Crippen LogP contribution >= 0.6 is 0 Å². The smallest absolute Gasteiger partial charge is 0.319 e. The number of hydrogen-bond acceptors (Lipinski definition) is 5. The highest BCUT2D eigenvalue weighted by Gasteiger charge is 2.19. The van der Waals surface area contributed by atoms with E-state index in [4.69, 9.17) is 4.74 Å². The Kier molecular flexibility index (Phi) is 10.4. The molecule has 3 N–H and O–H groups in total. The molecular weight excluding hydrogens is 600 g/mol. The van der Waals surface area contributed by atoms with E-state index in [1.807, 2.05) is 50.2 Å². The molecule has 0 aliphatic carbocycles. The van der Waals surface area contributed by atoms with Crippen molar-refractivity contribution in [1.29, 1.82) is 0 Å². The van der Waals surface area contributed by atoms with E-state index in [0.717, 1.165) is 37.4 Å². The maximum atomic E-state index is 13.1. The summed E-state index contributed by atoms with van der Waals surface area (Å²) in [6.45, 7) is 10.1. The van der Waals surface area contributed by atoms with Crippen LogP contribution in [-0.2, 0) is 6.54 Å². The number of amides is 3. The molecule has 0 spiro atoms. The second kappa shape index (κ2) is 15.2. The highest BCUT2D eigenvalue weighted by Crippen LogP contribution is 2.28. The molecular formula is C39H44N6O3. The Labute approximate surface area is 282 Å². The number of fused-ring (bicyclic) bond motifs is 1. The van der Waals surface area contributed by atoms with Gasteiger partial charge in [0.05, 0.1) is 5.52 Å². The SMILES string of the molecule is CCN(Cc1cn(-c2ccc(C(=O)Nc3ccc(Oc4ccc(NC(=O)NC(C)C)cc4)cc3)cc2)c2ccccc12)N1CCCCC1. The standard InChI is InChI=1S/C39H44N6O3/c1-4-43(44-24-8-5-9-25-44)26-30-27-45(37-11-7-6-10-36(30)37)33-18-12-29(13-19-33)38(46)41-31-14-20-34(21-15-31)48-35-22-16-32(17-23-35)42-39(47)40-28(2)3/h6-7,10-23,27-28H,4-5,8-9,24-26H2,1-3H3,(H,41,46)(H2,40,42,47). The Balaban J connectivity index is 1.08. The number of urea groups is 1. The molecule has 1 fully saturated rings. The largest absolute Gasteiger partial charge is 0.457 e. The summed E-state index contributed by atoms with van der Waals surface area (Å²) in [6, 6.07) is 30.5. The van der Waals surface area contributed by atoms with Crippen LogP contribution in [0.15, 0.2) is 103 Å². The number of para-hydroxylation sites is 1. The van der Waals surface area contributed by atoms with Gasteiger partial charge in [0.15, 0.2) is 0 Å². The molecule has 1 aromatic heterocycles. The van der Waals surface area contributed by atoms with Crippen molar-refractivity contribution in [2.75, 3.05) is 30.3 Å². The molecule has 1 saturated heterocycles. The van der Waals surface area contributed by atoms with Crippen molar-refractivity contribution in [2.45, 2.75) is 52.6 Å². The molecule has 4 aromatic carbocycles. The van der Waals surface area contributed by atoms with Crippen molar-refractivity contribution in [1.82, 2.24) is 19.9 Å². The molecule has 1 aliphatic rings. The van der Waals surface area contributed by atoms with Gasteiger partial charge in [-0.3, -0.25) is 4.79 Å². The van der Waals surface area contributed by atoms with Gasteiger partial charge in [0.25, 0.3) is 5.91 Å². The van der Waals surface area contributed by atoms with Crippen LogP contribution in [0.4, 0.5) is 16.2 Å². The number of anilines is 2. The van der Waals surface area contributed by atoms with Crippen LogP contribution in [-0.4, -0.2) is 52.2 Å². The van der Waals surface area contributed by atoms with Gasteiger partial charge in [-0.1, -0.05) is 31.5 Å². The summed E-state index contributed by atoms with van der Waals surface area (Å²) >= 11 is 0. The summed E-state index contributed by atoms with van der Waals surface area (Å²) < 4.78 is 8.17. The average Bonchev–Trinajstić information content (AvgIpc) is 3.47. The van der Waals surface area contributed by atoms with Crippen LogP contribution in [0.1, 0.15) is 56.0 Å². The van der Waals surface area contributed by atoms with E-state index in [0.29, 0.717) is 28.4 Å². The van der Waals surface area contributed by atoms with Crippen molar-refractivity contribution in [3.63, 3.8) is 0 Å². The maximum Gasteiger partial charge on any atom is 0.319 e. The third kappa shape index (κ3) is 8.05. The normalized spacial score (nSPS) is 13.5. The lowest BCUT2D eigenvalue weighted by atomic mass is 10.1. The molecule has 48 heavy (non-hydrogen) atoms. The summed E-state index contributed by atoms with van der Waals surface area (Å²) in [5, 5.41) is 14.8. The van der Waals surface area contributed by atoms with Gasteiger partial charge >= 0.3 is 6.03 Å². The first-order valence-corrected chi connectivity index (χ1v) is 16.8. The molecule has 9 nitrogen and oxygen atoms in total. The molecule has 0 saturated carbocycles. The Morgan fingerprint density at radius 1 is 0.792 bits per heavy atom. The first kappa shape index (κ1) is 32.8. The lowest BCUT2D eigenvalue weighted by molar-refractivity contribution is -0.0423. The van der Waals surface area contributed by atoms with Crippen molar-refractivity contribution in [3.05, 3.63) is 114 Å². The summed E-state index contributed by atoms with van der Waals surface area (Å²) in [5.41, 5.74) is 5.38.